The zero-order chi connectivity index (χ0) is 13.0. The van der Waals surface area contributed by atoms with Gasteiger partial charge in [-0.15, -0.1) is 12.4 Å². The van der Waals surface area contributed by atoms with Crippen LogP contribution in [0.1, 0.15) is 17.2 Å². The van der Waals surface area contributed by atoms with Gasteiger partial charge in [-0.2, -0.15) is 0 Å². The molecule has 0 aliphatic rings. The smallest absolute Gasteiger partial charge is 0.123 e. The van der Waals surface area contributed by atoms with Crippen molar-refractivity contribution in [2.45, 2.75) is 18.6 Å². The molecule has 2 aromatic rings. The third kappa shape index (κ3) is 4.31. The van der Waals surface area contributed by atoms with Crippen molar-refractivity contribution in [1.29, 1.82) is 0 Å². The molecule has 0 saturated carbocycles. The Balaban J connectivity index is 0.00000180. The summed E-state index contributed by atoms with van der Waals surface area (Å²) in [7, 11) is 0. The molecule has 2 nitrogen and oxygen atoms in total. The Labute approximate surface area is 118 Å². The van der Waals surface area contributed by atoms with Gasteiger partial charge in [0.05, 0.1) is 12.1 Å². The van der Waals surface area contributed by atoms with Gasteiger partial charge in [0.15, 0.2) is 0 Å². The van der Waals surface area contributed by atoms with Gasteiger partial charge in [0.25, 0.3) is 0 Å². The number of hydrogen-bond acceptors (Lipinski definition) is 2. The van der Waals surface area contributed by atoms with Crippen LogP contribution in [0.3, 0.4) is 0 Å². The Morgan fingerprint density at radius 2 is 1.58 bits per heavy atom. The Bertz CT molecular complexity index is 489. The predicted octanol–water partition coefficient (Wildman–Crippen LogP) is 2.85. The molecule has 0 amide bonds. The van der Waals surface area contributed by atoms with Crippen molar-refractivity contribution in [3.63, 3.8) is 0 Å². The van der Waals surface area contributed by atoms with Crippen LogP contribution >= 0.6 is 12.4 Å². The van der Waals surface area contributed by atoms with E-state index in [9.17, 15) is 9.50 Å². The van der Waals surface area contributed by atoms with Crippen LogP contribution in [0.4, 0.5) is 4.39 Å². The number of aliphatic hydroxyl groups excluding tert-OH is 1. The second-order valence-corrected chi connectivity index (χ2v) is 4.33. The second-order valence-electron chi connectivity index (χ2n) is 4.33. The van der Waals surface area contributed by atoms with Gasteiger partial charge in [-0.3, -0.25) is 0 Å². The number of benzene rings is 2. The largest absolute Gasteiger partial charge is 0.391 e. The molecule has 2 aromatic carbocycles. The fourth-order valence-electron chi connectivity index (χ4n) is 1.89. The molecule has 102 valence electrons. The van der Waals surface area contributed by atoms with Crippen LogP contribution in [0.25, 0.3) is 0 Å². The Morgan fingerprint density at radius 1 is 1.00 bits per heavy atom. The molecule has 4 heteroatoms. The topological polar surface area (TPSA) is 46.2 Å². The van der Waals surface area contributed by atoms with Gasteiger partial charge in [-0.1, -0.05) is 42.5 Å². The van der Waals surface area contributed by atoms with E-state index in [0.717, 1.165) is 11.1 Å². The lowest BCUT2D eigenvalue weighted by Crippen LogP contribution is -2.28. The van der Waals surface area contributed by atoms with Crippen LogP contribution in [-0.2, 0) is 6.42 Å². The van der Waals surface area contributed by atoms with Crippen LogP contribution < -0.4 is 5.73 Å². The third-order valence-electron chi connectivity index (χ3n) is 2.96. The van der Waals surface area contributed by atoms with E-state index in [4.69, 9.17) is 5.73 Å². The number of hydrogen-bond donors (Lipinski definition) is 2. The standard InChI is InChI=1S/C15H16FNO.ClH/c16-13-8-6-12(7-9-13)15(17)14(18)10-11-4-2-1-3-5-11;/h1-9,14-15,18H,10,17H2;1H/t14-,15+;/m1./s1. The van der Waals surface area contributed by atoms with Crippen molar-refractivity contribution in [3.8, 4) is 0 Å². The quantitative estimate of drug-likeness (QED) is 0.905. The average Bonchev–Trinajstić information content (AvgIpc) is 2.40. The molecular weight excluding hydrogens is 265 g/mol. The fourth-order valence-corrected chi connectivity index (χ4v) is 1.89. The summed E-state index contributed by atoms with van der Waals surface area (Å²) in [5.74, 6) is -0.302. The first-order valence-electron chi connectivity index (χ1n) is 5.90. The molecular formula is C15H17ClFNO. The van der Waals surface area contributed by atoms with Gasteiger partial charge in [0.2, 0.25) is 0 Å². The number of halogens is 2. The summed E-state index contributed by atoms with van der Waals surface area (Å²) < 4.78 is 12.8. The van der Waals surface area contributed by atoms with Crippen molar-refractivity contribution in [2.24, 2.45) is 5.73 Å². The molecule has 2 rings (SSSR count). The number of nitrogens with two attached hydrogens (primary N) is 1. The summed E-state index contributed by atoms with van der Waals surface area (Å²) in [6.45, 7) is 0. The third-order valence-corrected chi connectivity index (χ3v) is 2.96. The minimum Gasteiger partial charge on any atom is -0.391 e. The van der Waals surface area contributed by atoms with E-state index in [0.29, 0.717) is 6.42 Å². The monoisotopic (exact) mass is 281 g/mol. The highest BCUT2D eigenvalue weighted by Crippen LogP contribution is 2.17. The molecule has 0 heterocycles. The maximum absolute atomic E-state index is 12.8. The summed E-state index contributed by atoms with van der Waals surface area (Å²) in [4.78, 5) is 0. The predicted molar refractivity (Wildman–Crippen MR) is 76.7 cm³/mol. The van der Waals surface area contributed by atoms with Crippen molar-refractivity contribution in [3.05, 3.63) is 71.5 Å². The highest BCUT2D eigenvalue weighted by atomic mass is 35.5. The Hall–Kier alpha value is -1.42. The van der Waals surface area contributed by atoms with E-state index in [1.165, 1.54) is 12.1 Å². The highest BCUT2D eigenvalue weighted by Gasteiger charge is 2.17. The van der Waals surface area contributed by atoms with E-state index < -0.39 is 12.1 Å². The van der Waals surface area contributed by atoms with E-state index in [-0.39, 0.29) is 18.2 Å². The van der Waals surface area contributed by atoms with E-state index in [1.807, 2.05) is 30.3 Å². The summed E-state index contributed by atoms with van der Waals surface area (Å²) in [5, 5.41) is 10.1. The molecule has 0 radical (unpaired) electrons. The van der Waals surface area contributed by atoms with Crippen LogP contribution in [-0.4, -0.2) is 11.2 Å². The molecule has 19 heavy (non-hydrogen) atoms. The molecule has 0 fully saturated rings. The zero-order valence-electron chi connectivity index (χ0n) is 10.4. The van der Waals surface area contributed by atoms with E-state index >= 15 is 0 Å². The number of rotatable bonds is 4. The van der Waals surface area contributed by atoms with Gasteiger partial charge in [0.1, 0.15) is 5.82 Å². The van der Waals surface area contributed by atoms with Gasteiger partial charge in [0, 0.05) is 6.42 Å². The molecule has 0 spiro atoms. The lowest BCUT2D eigenvalue weighted by molar-refractivity contribution is 0.145. The summed E-state index contributed by atoms with van der Waals surface area (Å²) in [5.41, 5.74) is 7.73. The summed E-state index contributed by atoms with van der Waals surface area (Å²) in [6.07, 6.45) is -0.197. The normalized spacial score (nSPS) is 13.4. The van der Waals surface area contributed by atoms with Crippen molar-refractivity contribution < 1.29 is 9.50 Å². The number of aliphatic hydroxyl groups is 1. The van der Waals surface area contributed by atoms with Crippen LogP contribution in [0.15, 0.2) is 54.6 Å². The van der Waals surface area contributed by atoms with E-state index in [2.05, 4.69) is 0 Å². The van der Waals surface area contributed by atoms with Crippen molar-refractivity contribution in [1.82, 2.24) is 0 Å². The molecule has 0 aliphatic carbocycles. The van der Waals surface area contributed by atoms with Crippen molar-refractivity contribution >= 4 is 12.4 Å². The first kappa shape index (κ1) is 15.6. The SMILES string of the molecule is Cl.N[C@@H](c1ccc(F)cc1)[C@H](O)Cc1ccccc1. The van der Waals surface area contributed by atoms with Gasteiger partial charge in [-0.25, -0.2) is 4.39 Å². The van der Waals surface area contributed by atoms with Crippen LogP contribution in [0.2, 0.25) is 0 Å². The van der Waals surface area contributed by atoms with Gasteiger partial charge in [-0.05, 0) is 23.3 Å². The molecule has 0 aromatic heterocycles. The summed E-state index contributed by atoms with van der Waals surface area (Å²) in [6, 6.07) is 15.1. The molecule has 0 aliphatic heterocycles. The maximum Gasteiger partial charge on any atom is 0.123 e. The minimum absolute atomic E-state index is 0. The zero-order valence-corrected chi connectivity index (χ0v) is 11.2. The molecule has 0 saturated heterocycles. The maximum atomic E-state index is 12.8. The Kier molecular flexibility index (Phi) is 5.96. The summed E-state index contributed by atoms with van der Waals surface area (Å²) >= 11 is 0. The van der Waals surface area contributed by atoms with Crippen LogP contribution in [0.5, 0.6) is 0 Å². The van der Waals surface area contributed by atoms with Gasteiger partial charge < -0.3 is 10.8 Å². The first-order chi connectivity index (χ1) is 8.66. The van der Waals surface area contributed by atoms with Gasteiger partial charge >= 0.3 is 0 Å². The Morgan fingerprint density at radius 3 is 2.16 bits per heavy atom. The average molecular weight is 282 g/mol. The fraction of sp³-hybridized carbons (Fsp3) is 0.200. The molecule has 0 unspecified atom stereocenters. The molecule has 0 bridgehead atoms. The lowest BCUT2D eigenvalue weighted by Gasteiger charge is -2.19. The van der Waals surface area contributed by atoms with Crippen LogP contribution in [0, 0.1) is 5.82 Å². The highest BCUT2D eigenvalue weighted by molar-refractivity contribution is 5.85. The lowest BCUT2D eigenvalue weighted by atomic mass is 9.97. The minimum atomic E-state index is -0.683. The van der Waals surface area contributed by atoms with Crippen molar-refractivity contribution in [2.75, 3.05) is 0 Å². The first-order valence-corrected chi connectivity index (χ1v) is 5.90. The second kappa shape index (κ2) is 7.24. The molecule has 3 N–H and O–H groups in total. The van der Waals surface area contributed by atoms with E-state index in [1.54, 1.807) is 12.1 Å². The molecule has 2 atom stereocenters.